The van der Waals surface area contributed by atoms with Gasteiger partial charge < -0.3 is 0 Å². The van der Waals surface area contributed by atoms with Crippen molar-refractivity contribution in [1.29, 1.82) is 5.26 Å². The van der Waals surface area contributed by atoms with Gasteiger partial charge in [0.2, 0.25) is 0 Å². The molecule has 32 valence electrons. The van der Waals surface area contributed by atoms with E-state index in [1.807, 2.05) is 13.0 Å². The van der Waals surface area contributed by atoms with Gasteiger partial charge in [-0.2, -0.15) is 5.26 Å². The Morgan fingerprint density at radius 1 is 2.00 bits per heavy atom. The minimum Gasteiger partial charge on any atom is -0.192 e. The third-order valence-electron chi connectivity index (χ3n) is 0.446. The van der Waals surface area contributed by atoms with Crippen molar-refractivity contribution in [3.05, 3.63) is 0 Å². The Balaban J connectivity index is 3.33. The Morgan fingerprint density at radius 2 is 2.50 bits per heavy atom. The highest BCUT2D eigenvalue weighted by atomic mass is 32.1. The van der Waals surface area contributed by atoms with Crippen molar-refractivity contribution >= 4 is 17.1 Å². The standard InChI is InChI=1S/C4H5NS/c1-2-4(6)3-5/h2H2,1H3. The van der Waals surface area contributed by atoms with E-state index in [4.69, 9.17) is 5.26 Å². The molecule has 0 unspecified atom stereocenters. The van der Waals surface area contributed by atoms with Gasteiger partial charge in [-0.1, -0.05) is 19.1 Å². The predicted octanol–water partition coefficient (Wildman–Crippen LogP) is 1.29. The summed E-state index contributed by atoms with van der Waals surface area (Å²) in [5.74, 6) is 0. The molecule has 0 bridgehead atoms. The van der Waals surface area contributed by atoms with Crippen LogP contribution in [0, 0.1) is 11.3 Å². The van der Waals surface area contributed by atoms with Crippen molar-refractivity contribution in [3.63, 3.8) is 0 Å². The molecule has 0 rings (SSSR count). The number of hydrogen-bond donors (Lipinski definition) is 0. The molecular formula is C4H5NS. The summed E-state index contributed by atoms with van der Waals surface area (Å²) in [5, 5.41) is 7.94. The van der Waals surface area contributed by atoms with E-state index in [1.165, 1.54) is 0 Å². The van der Waals surface area contributed by atoms with Crippen LogP contribution in [0.4, 0.5) is 0 Å². The molecule has 0 aliphatic rings. The van der Waals surface area contributed by atoms with E-state index in [1.54, 1.807) is 0 Å². The molecule has 0 aliphatic carbocycles. The van der Waals surface area contributed by atoms with E-state index >= 15 is 0 Å². The lowest BCUT2D eigenvalue weighted by Gasteiger charge is -1.73. The average Bonchev–Trinajstić information content (AvgIpc) is 1.65. The predicted molar refractivity (Wildman–Crippen MR) is 28.5 cm³/mol. The topological polar surface area (TPSA) is 23.8 Å². The third-order valence-corrected chi connectivity index (χ3v) is 0.826. The highest BCUT2D eigenvalue weighted by molar-refractivity contribution is 7.80. The fourth-order valence-corrected chi connectivity index (χ4v) is 0.0791. The highest BCUT2D eigenvalue weighted by Gasteiger charge is 1.80. The monoisotopic (exact) mass is 99.0 g/mol. The average molecular weight is 99.2 g/mol. The first-order chi connectivity index (χ1) is 2.81. The molecule has 0 saturated carbocycles. The van der Waals surface area contributed by atoms with Crippen LogP contribution >= 0.6 is 12.2 Å². The van der Waals surface area contributed by atoms with Gasteiger partial charge in [0.05, 0.1) is 4.86 Å². The molecule has 0 radical (unpaired) electrons. The molecule has 0 amide bonds. The maximum Gasteiger partial charge on any atom is 0.106 e. The fourth-order valence-electron chi connectivity index (χ4n) is 0.0791. The first-order valence-electron chi connectivity index (χ1n) is 1.74. The van der Waals surface area contributed by atoms with Crippen LogP contribution in [0.25, 0.3) is 0 Å². The molecule has 0 atom stereocenters. The summed E-state index contributed by atoms with van der Waals surface area (Å²) in [6, 6.07) is 1.85. The van der Waals surface area contributed by atoms with Crippen LogP contribution in [-0.4, -0.2) is 4.86 Å². The van der Waals surface area contributed by atoms with Crippen molar-refractivity contribution in [3.8, 4) is 6.07 Å². The first kappa shape index (κ1) is 5.58. The summed E-state index contributed by atoms with van der Waals surface area (Å²) in [4.78, 5) is 0.481. The van der Waals surface area contributed by atoms with Crippen LogP contribution < -0.4 is 0 Å². The molecule has 6 heavy (non-hydrogen) atoms. The van der Waals surface area contributed by atoms with Gasteiger partial charge in [0.25, 0.3) is 0 Å². The molecular weight excluding hydrogens is 94.1 g/mol. The summed E-state index contributed by atoms with van der Waals surface area (Å²) in [6.07, 6.45) is 0.700. The van der Waals surface area contributed by atoms with Crippen molar-refractivity contribution in [2.75, 3.05) is 0 Å². The van der Waals surface area contributed by atoms with Gasteiger partial charge >= 0.3 is 0 Å². The molecule has 0 saturated heterocycles. The van der Waals surface area contributed by atoms with Gasteiger partial charge in [0.1, 0.15) is 6.07 Å². The Kier molecular flexibility index (Phi) is 2.60. The SMILES string of the molecule is CCC(=S)C#N. The van der Waals surface area contributed by atoms with Crippen LogP contribution in [0.2, 0.25) is 0 Å². The Bertz CT molecular complexity index is 90.2. The summed E-state index contributed by atoms with van der Waals surface area (Å²) in [7, 11) is 0. The van der Waals surface area contributed by atoms with Crippen LogP contribution in [0.15, 0.2) is 0 Å². The summed E-state index contributed by atoms with van der Waals surface area (Å²) < 4.78 is 0. The smallest absolute Gasteiger partial charge is 0.106 e. The second-order valence-corrected chi connectivity index (χ2v) is 1.38. The van der Waals surface area contributed by atoms with Crippen LogP contribution in [0.5, 0.6) is 0 Å². The largest absolute Gasteiger partial charge is 0.192 e. The van der Waals surface area contributed by atoms with Crippen molar-refractivity contribution in [2.24, 2.45) is 0 Å². The van der Waals surface area contributed by atoms with Crippen LogP contribution in [0.3, 0.4) is 0 Å². The lowest BCUT2D eigenvalue weighted by molar-refractivity contribution is 1.32. The zero-order chi connectivity index (χ0) is 4.99. The van der Waals surface area contributed by atoms with E-state index in [9.17, 15) is 0 Å². The molecule has 0 fully saturated rings. The van der Waals surface area contributed by atoms with Crippen molar-refractivity contribution in [1.82, 2.24) is 0 Å². The van der Waals surface area contributed by atoms with Gasteiger partial charge in [0.15, 0.2) is 0 Å². The quantitative estimate of drug-likeness (QED) is 0.462. The molecule has 0 aromatic carbocycles. The number of thiocarbonyl (C=S) groups is 1. The number of nitriles is 1. The summed E-state index contributed by atoms with van der Waals surface area (Å²) in [6.45, 7) is 1.87. The van der Waals surface area contributed by atoms with Gasteiger partial charge in [-0.25, -0.2) is 0 Å². The second-order valence-electron chi connectivity index (χ2n) is 0.889. The fraction of sp³-hybridized carbons (Fsp3) is 0.500. The number of hydrogen-bond acceptors (Lipinski definition) is 2. The third kappa shape index (κ3) is 1.86. The molecule has 0 spiro atoms. The number of nitrogens with zero attached hydrogens (tertiary/aromatic N) is 1. The minimum absolute atomic E-state index is 0.481. The summed E-state index contributed by atoms with van der Waals surface area (Å²) >= 11 is 4.50. The normalized spacial score (nSPS) is 6.67. The van der Waals surface area contributed by atoms with Crippen LogP contribution in [0.1, 0.15) is 13.3 Å². The van der Waals surface area contributed by atoms with E-state index in [0.717, 1.165) is 0 Å². The van der Waals surface area contributed by atoms with E-state index in [2.05, 4.69) is 12.2 Å². The molecule has 1 nitrogen and oxygen atoms in total. The van der Waals surface area contributed by atoms with E-state index < -0.39 is 0 Å². The lowest BCUT2D eigenvalue weighted by atomic mass is 10.4. The lowest BCUT2D eigenvalue weighted by Crippen LogP contribution is -1.80. The molecule has 0 aromatic heterocycles. The van der Waals surface area contributed by atoms with Crippen LogP contribution in [-0.2, 0) is 0 Å². The molecule has 0 aliphatic heterocycles. The van der Waals surface area contributed by atoms with Gasteiger partial charge in [-0.15, -0.1) is 0 Å². The van der Waals surface area contributed by atoms with Crippen molar-refractivity contribution < 1.29 is 0 Å². The van der Waals surface area contributed by atoms with Gasteiger partial charge in [-0.05, 0) is 6.42 Å². The minimum atomic E-state index is 0.481. The number of rotatable bonds is 1. The Labute approximate surface area is 42.6 Å². The van der Waals surface area contributed by atoms with E-state index in [0.29, 0.717) is 11.3 Å². The van der Waals surface area contributed by atoms with E-state index in [-0.39, 0.29) is 0 Å². The Morgan fingerprint density at radius 3 is 2.50 bits per heavy atom. The zero-order valence-electron chi connectivity index (χ0n) is 3.56. The molecule has 2 heteroatoms. The maximum absolute atomic E-state index is 7.94. The second kappa shape index (κ2) is 2.80. The molecule has 0 N–H and O–H groups in total. The highest BCUT2D eigenvalue weighted by Crippen LogP contribution is 1.78. The van der Waals surface area contributed by atoms with Gasteiger partial charge in [-0.3, -0.25) is 0 Å². The summed E-state index contributed by atoms with van der Waals surface area (Å²) in [5.41, 5.74) is 0. The molecule has 0 heterocycles. The Hall–Kier alpha value is -0.420. The zero-order valence-corrected chi connectivity index (χ0v) is 4.38. The maximum atomic E-state index is 7.94. The molecule has 0 aromatic rings. The van der Waals surface area contributed by atoms with Crippen molar-refractivity contribution in [2.45, 2.75) is 13.3 Å². The van der Waals surface area contributed by atoms with Gasteiger partial charge in [0, 0.05) is 0 Å². The first-order valence-corrected chi connectivity index (χ1v) is 2.15.